The number of rotatable bonds is 3. The highest BCUT2D eigenvalue weighted by molar-refractivity contribution is 5.85. The predicted molar refractivity (Wildman–Crippen MR) is 76.0 cm³/mol. The van der Waals surface area contributed by atoms with Gasteiger partial charge in [-0.1, -0.05) is 29.1 Å². The molecule has 2 aromatic rings. The molecule has 0 saturated carbocycles. The van der Waals surface area contributed by atoms with Gasteiger partial charge in [0.2, 0.25) is 0 Å². The Balaban J connectivity index is 2.19. The molecule has 0 saturated heterocycles. The largest absolute Gasteiger partial charge is 0.497 e. The number of fused-ring (bicyclic) bond motifs is 1. The summed E-state index contributed by atoms with van der Waals surface area (Å²) in [5.74, 6) is 6.89. The van der Waals surface area contributed by atoms with Gasteiger partial charge in [0.15, 0.2) is 0 Å². The minimum atomic E-state index is 0.411. The van der Waals surface area contributed by atoms with Crippen molar-refractivity contribution in [3.63, 3.8) is 0 Å². The van der Waals surface area contributed by atoms with Crippen LogP contribution in [0.1, 0.15) is 12.0 Å². The summed E-state index contributed by atoms with van der Waals surface area (Å²) in [6.45, 7) is 0.411. The molecule has 0 radical (unpaired) electrons. The van der Waals surface area contributed by atoms with E-state index in [2.05, 4.69) is 21.9 Å². The van der Waals surface area contributed by atoms with Crippen molar-refractivity contribution >= 4 is 10.8 Å². The summed E-state index contributed by atoms with van der Waals surface area (Å²) < 4.78 is 5.19. The highest BCUT2D eigenvalue weighted by atomic mass is 16.5. The fourth-order valence-electron chi connectivity index (χ4n) is 1.74. The molecular weight excluding hydrogens is 238 g/mol. The standard InChI is InChI=1S/C15H13N3O/c1-19-15-8-7-13-10-12(5-6-14(13)11-15)4-2-3-9-17-18-16/h5-8,10-11H,3,9H2,1H3. The average molecular weight is 251 g/mol. The van der Waals surface area contributed by atoms with Gasteiger partial charge in [-0.15, -0.1) is 0 Å². The van der Waals surface area contributed by atoms with Crippen LogP contribution in [0.4, 0.5) is 0 Å². The number of nitrogens with zero attached hydrogens (tertiary/aromatic N) is 3. The van der Waals surface area contributed by atoms with E-state index >= 15 is 0 Å². The Labute approximate surface area is 111 Å². The number of ether oxygens (including phenoxy) is 1. The van der Waals surface area contributed by atoms with Gasteiger partial charge in [-0.05, 0) is 40.6 Å². The molecule has 0 N–H and O–H groups in total. The van der Waals surface area contributed by atoms with Crippen molar-refractivity contribution in [1.82, 2.24) is 0 Å². The van der Waals surface area contributed by atoms with E-state index in [0.29, 0.717) is 13.0 Å². The molecule has 0 unspecified atom stereocenters. The highest BCUT2D eigenvalue weighted by Gasteiger charge is 1.97. The van der Waals surface area contributed by atoms with Gasteiger partial charge >= 0.3 is 0 Å². The van der Waals surface area contributed by atoms with Crippen LogP contribution in [0, 0.1) is 11.8 Å². The molecule has 0 heterocycles. The third-order valence-electron chi connectivity index (χ3n) is 2.68. The monoisotopic (exact) mass is 251 g/mol. The van der Waals surface area contributed by atoms with E-state index < -0.39 is 0 Å². The lowest BCUT2D eigenvalue weighted by molar-refractivity contribution is 0.415. The number of benzene rings is 2. The first kappa shape index (κ1) is 12.8. The normalized spacial score (nSPS) is 9.32. The number of azide groups is 1. The van der Waals surface area contributed by atoms with Crippen LogP contribution in [0.25, 0.3) is 21.2 Å². The molecule has 2 rings (SSSR count). The molecular formula is C15H13N3O. The predicted octanol–water partition coefficient (Wildman–Crippen LogP) is 3.90. The van der Waals surface area contributed by atoms with Crippen LogP contribution in [-0.2, 0) is 0 Å². The minimum absolute atomic E-state index is 0.411. The maximum Gasteiger partial charge on any atom is 0.119 e. The van der Waals surface area contributed by atoms with Crippen LogP contribution in [-0.4, -0.2) is 13.7 Å². The maximum atomic E-state index is 8.14. The average Bonchev–Trinajstić information content (AvgIpc) is 2.46. The summed E-state index contributed by atoms with van der Waals surface area (Å²) in [5, 5.41) is 5.69. The van der Waals surface area contributed by atoms with Crippen molar-refractivity contribution in [3.05, 3.63) is 52.4 Å². The van der Waals surface area contributed by atoms with Gasteiger partial charge in [0, 0.05) is 23.4 Å². The Bertz CT molecular complexity index is 691. The Hall–Kier alpha value is -2.63. The Morgan fingerprint density at radius 1 is 1.21 bits per heavy atom. The third-order valence-corrected chi connectivity index (χ3v) is 2.68. The Kier molecular flexibility index (Phi) is 4.28. The quantitative estimate of drug-likeness (QED) is 0.268. The van der Waals surface area contributed by atoms with Gasteiger partial charge in [-0.3, -0.25) is 0 Å². The van der Waals surface area contributed by atoms with Gasteiger partial charge in [0.25, 0.3) is 0 Å². The van der Waals surface area contributed by atoms with Gasteiger partial charge in [0.1, 0.15) is 5.75 Å². The summed E-state index contributed by atoms with van der Waals surface area (Å²) in [6.07, 6.45) is 0.574. The van der Waals surface area contributed by atoms with Crippen molar-refractivity contribution in [3.8, 4) is 17.6 Å². The van der Waals surface area contributed by atoms with Crippen LogP contribution >= 0.6 is 0 Å². The van der Waals surface area contributed by atoms with E-state index in [0.717, 1.165) is 22.1 Å². The maximum absolute atomic E-state index is 8.14. The molecule has 0 aliphatic rings. The van der Waals surface area contributed by atoms with Crippen molar-refractivity contribution < 1.29 is 4.74 Å². The smallest absolute Gasteiger partial charge is 0.119 e. The fourth-order valence-corrected chi connectivity index (χ4v) is 1.74. The molecule has 0 amide bonds. The van der Waals surface area contributed by atoms with E-state index in [1.807, 2.05) is 36.4 Å². The van der Waals surface area contributed by atoms with Crippen LogP contribution in [0.5, 0.6) is 5.75 Å². The Morgan fingerprint density at radius 2 is 2.00 bits per heavy atom. The molecule has 4 heteroatoms. The van der Waals surface area contributed by atoms with Crippen LogP contribution in [0.2, 0.25) is 0 Å². The van der Waals surface area contributed by atoms with Gasteiger partial charge in [0.05, 0.1) is 7.11 Å². The van der Waals surface area contributed by atoms with E-state index in [9.17, 15) is 0 Å². The van der Waals surface area contributed by atoms with Crippen molar-refractivity contribution in [2.75, 3.05) is 13.7 Å². The molecule has 0 aliphatic carbocycles. The van der Waals surface area contributed by atoms with Gasteiger partial charge < -0.3 is 4.74 Å². The third kappa shape index (κ3) is 3.41. The van der Waals surface area contributed by atoms with Gasteiger partial charge in [-0.25, -0.2) is 0 Å². The van der Waals surface area contributed by atoms with Gasteiger partial charge in [-0.2, -0.15) is 0 Å². The second-order valence-corrected chi connectivity index (χ2v) is 3.93. The minimum Gasteiger partial charge on any atom is -0.497 e. The zero-order chi connectivity index (χ0) is 13.5. The topological polar surface area (TPSA) is 58.0 Å². The molecule has 2 aromatic carbocycles. The molecule has 0 fully saturated rings. The zero-order valence-corrected chi connectivity index (χ0v) is 10.6. The SMILES string of the molecule is COc1ccc2cc(C#CCCN=[N+]=[N-])ccc2c1. The van der Waals surface area contributed by atoms with Crippen LogP contribution < -0.4 is 4.74 Å². The van der Waals surface area contributed by atoms with Crippen LogP contribution in [0.3, 0.4) is 0 Å². The second-order valence-electron chi connectivity index (χ2n) is 3.93. The number of hydrogen-bond donors (Lipinski definition) is 0. The first-order valence-electron chi connectivity index (χ1n) is 5.91. The molecule has 0 aliphatic heterocycles. The van der Waals surface area contributed by atoms with E-state index in [-0.39, 0.29) is 0 Å². The summed E-state index contributed by atoms with van der Waals surface area (Å²) >= 11 is 0. The van der Waals surface area contributed by atoms with Crippen molar-refractivity contribution in [1.29, 1.82) is 0 Å². The lowest BCUT2D eigenvalue weighted by Crippen LogP contribution is -1.83. The highest BCUT2D eigenvalue weighted by Crippen LogP contribution is 2.21. The van der Waals surface area contributed by atoms with E-state index in [1.165, 1.54) is 0 Å². The number of hydrogen-bond acceptors (Lipinski definition) is 2. The summed E-state index contributed by atoms with van der Waals surface area (Å²) in [5.41, 5.74) is 9.10. The van der Waals surface area contributed by atoms with E-state index in [4.69, 9.17) is 10.3 Å². The number of methoxy groups -OCH3 is 1. The summed E-state index contributed by atoms with van der Waals surface area (Å²) in [7, 11) is 1.66. The molecule has 94 valence electrons. The molecule has 0 aromatic heterocycles. The molecule has 4 nitrogen and oxygen atoms in total. The molecule has 0 atom stereocenters. The molecule has 0 spiro atoms. The first-order chi connectivity index (χ1) is 9.33. The summed E-state index contributed by atoms with van der Waals surface area (Å²) in [4.78, 5) is 2.68. The lowest BCUT2D eigenvalue weighted by atomic mass is 10.1. The molecule has 0 bridgehead atoms. The van der Waals surface area contributed by atoms with E-state index in [1.54, 1.807) is 7.11 Å². The van der Waals surface area contributed by atoms with Crippen molar-refractivity contribution in [2.45, 2.75) is 6.42 Å². The fraction of sp³-hybridized carbons (Fsp3) is 0.200. The van der Waals surface area contributed by atoms with Crippen molar-refractivity contribution in [2.24, 2.45) is 5.11 Å². The first-order valence-corrected chi connectivity index (χ1v) is 5.91. The van der Waals surface area contributed by atoms with Crippen LogP contribution in [0.15, 0.2) is 41.5 Å². The second kappa shape index (κ2) is 6.34. The summed E-state index contributed by atoms with van der Waals surface area (Å²) in [6, 6.07) is 12.0. The zero-order valence-electron chi connectivity index (χ0n) is 10.6. The lowest BCUT2D eigenvalue weighted by Gasteiger charge is -2.02. The molecule has 19 heavy (non-hydrogen) atoms. The Morgan fingerprint density at radius 3 is 2.79 bits per heavy atom.